The first-order chi connectivity index (χ1) is 20.4. The van der Waals surface area contributed by atoms with Crippen molar-refractivity contribution in [3.05, 3.63) is 48.0 Å². The Morgan fingerprint density at radius 3 is 2.34 bits per heavy atom. The highest BCUT2D eigenvalue weighted by Gasteiger charge is 2.52. The van der Waals surface area contributed by atoms with Crippen LogP contribution >= 0.6 is 11.8 Å². The summed E-state index contributed by atoms with van der Waals surface area (Å²) in [4.78, 5) is 13.5. The average molecular weight is 637 g/mol. The maximum atomic E-state index is 14.3. The molecule has 4 N–H and O–H groups in total. The lowest BCUT2D eigenvalue weighted by Gasteiger charge is -2.36. The minimum atomic E-state index is -4.62. The number of halogens is 3. The van der Waals surface area contributed by atoms with Gasteiger partial charge >= 0.3 is 12.1 Å². The van der Waals surface area contributed by atoms with Crippen LogP contribution in [0.4, 0.5) is 13.2 Å². The number of rotatable bonds is 15. The van der Waals surface area contributed by atoms with Crippen molar-refractivity contribution in [2.75, 3.05) is 19.5 Å². The van der Waals surface area contributed by atoms with Crippen molar-refractivity contribution in [3.63, 3.8) is 0 Å². The fraction of sp³-hybridized carbons (Fsp3) is 0.559. The molecule has 3 aromatic rings. The molecule has 0 saturated carbocycles. The SMILES string of the molecule is CCCCCc1ccc(-c2cc3ccc(SCC(C)(COC(=O)C(C)(C)C(N)CC(C)(C)N)C(F)(F)F)cc3o2)c(OC)c1. The number of thioether (sulfide) groups is 1. The maximum absolute atomic E-state index is 14.3. The molecule has 0 aliphatic heterocycles. The van der Waals surface area contributed by atoms with Crippen molar-refractivity contribution in [1.29, 1.82) is 0 Å². The topological polar surface area (TPSA) is 101 Å². The van der Waals surface area contributed by atoms with Gasteiger partial charge in [0.15, 0.2) is 0 Å². The molecular formula is C34H47F3N2O4S. The number of benzene rings is 2. The van der Waals surface area contributed by atoms with Gasteiger partial charge in [0.05, 0.1) is 18.1 Å². The Kier molecular flexibility index (Phi) is 11.5. The third-order valence-electron chi connectivity index (χ3n) is 8.05. The lowest BCUT2D eigenvalue weighted by Crippen LogP contribution is -2.51. The van der Waals surface area contributed by atoms with Crippen LogP contribution in [0, 0.1) is 10.8 Å². The second kappa shape index (κ2) is 14.2. The number of ether oxygens (including phenoxy) is 2. The van der Waals surface area contributed by atoms with Crippen LogP contribution < -0.4 is 16.2 Å². The zero-order valence-corrected chi connectivity index (χ0v) is 27.7. The molecule has 2 atom stereocenters. The van der Waals surface area contributed by atoms with E-state index in [1.807, 2.05) is 24.3 Å². The molecule has 0 saturated heterocycles. The van der Waals surface area contributed by atoms with Gasteiger partial charge < -0.3 is 25.4 Å². The van der Waals surface area contributed by atoms with E-state index in [0.29, 0.717) is 28.4 Å². The number of hydrogen-bond acceptors (Lipinski definition) is 7. The molecule has 244 valence electrons. The predicted octanol–water partition coefficient (Wildman–Crippen LogP) is 8.53. The molecule has 2 unspecified atom stereocenters. The molecule has 1 aromatic heterocycles. The molecule has 0 aliphatic carbocycles. The summed E-state index contributed by atoms with van der Waals surface area (Å²) in [5.74, 6) is 0.172. The molecular weight excluding hydrogens is 589 g/mol. The van der Waals surface area contributed by atoms with E-state index in [-0.39, 0.29) is 5.75 Å². The van der Waals surface area contributed by atoms with Crippen LogP contribution in [-0.2, 0) is 16.0 Å². The van der Waals surface area contributed by atoms with Gasteiger partial charge in [0, 0.05) is 27.6 Å². The normalized spacial score (nSPS) is 14.8. The number of esters is 1. The van der Waals surface area contributed by atoms with Gasteiger partial charge in [-0.2, -0.15) is 13.2 Å². The maximum Gasteiger partial charge on any atom is 0.398 e. The Labute approximate surface area is 263 Å². The zero-order valence-electron chi connectivity index (χ0n) is 26.9. The smallest absolute Gasteiger partial charge is 0.398 e. The number of carbonyl (C=O) groups excluding carboxylic acids is 1. The molecule has 0 spiro atoms. The summed E-state index contributed by atoms with van der Waals surface area (Å²) in [5.41, 5.74) is 10.6. The van der Waals surface area contributed by atoms with Gasteiger partial charge in [-0.05, 0) is 95.8 Å². The van der Waals surface area contributed by atoms with Crippen LogP contribution in [0.2, 0.25) is 0 Å². The van der Waals surface area contributed by atoms with Gasteiger partial charge in [-0.3, -0.25) is 4.79 Å². The number of carbonyl (C=O) groups is 1. The molecule has 0 bridgehead atoms. The molecule has 0 aliphatic rings. The van der Waals surface area contributed by atoms with Gasteiger partial charge in [-0.15, -0.1) is 11.8 Å². The van der Waals surface area contributed by atoms with E-state index in [2.05, 4.69) is 13.0 Å². The molecule has 3 rings (SSSR count). The Hall–Kier alpha value is -2.69. The second-order valence-corrected chi connectivity index (χ2v) is 14.3. The van der Waals surface area contributed by atoms with E-state index >= 15 is 0 Å². The number of fused-ring (bicyclic) bond motifs is 1. The molecule has 6 nitrogen and oxygen atoms in total. The third-order valence-corrected chi connectivity index (χ3v) is 9.42. The van der Waals surface area contributed by atoms with Gasteiger partial charge in [-0.1, -0.05) is 25.8 Å². The summed E-state index contributed by atoms with van der Waals surface area (Å²) in [5, 5.41) is 0.824. The van der Waals surface area contributed by atoms with Crippen LogP contribution in [-0.4, -0.2) is 43.2 Å². The van der Waals surface area contributed by atoms with Crippen LogP contribution in [0.3, 0.4) is 0 Å². The Morgan fingerprint density at radius 1 is 1.02 bits per heavy atom. The fourth-order valence-electron chi connectivity index (χ4n) is 4.74. The van der Waals surface area contributed by atoms with Crippen LogP contribution in [0.1, 0.15) is 72.8 Å². The van der Waals surface area contributed by atoms with Gasteiger partial charge in [0.1, 0.15) is 29.1 Å². The molecule has 10 heteroatoms. The van der Waals surface area contributed by atoms with Crippen LogP contribution in [0.25, 0.3) is 22.3 Å². The van der Waals surface area contributed by atoms with Gasteiger partial charge in [0.25, 0.3) is 0 Å². The van der Waals surface area contributed by atoms with E-state index < -0.39 is 41.2 Å². The third kappa shape index (κ3) is 8.95. The standard InChI is InChI=1S/C34H47F3N2O4S/c1-8-9-10-11-22-12-15-25(27(16-22)41-7)28-17-23-13-14-24(18-26(23)43-28)44-21-33(6,34(35,36)37)20-42-30(40)32(4,5)29(38)19-31(2,3)39/h12-18,29H,8-11,19-21,38-39H2,1-7H3. The van der Waals surface area contributed by atoms with E-state index in [1.54, 1.807) is 46.9 Å². The largest absolute Gasteiger partial charge is 0.496 e. The number of nitrogens with two attached hydrogens (primary N) is 2. The van der Waals surface area contributed by atoms with E-state index in [9.17, 15) is 18.0 Å². The Bertz CT molecular complexity index is 1410. The summed E-state index contributed by atoms with van der Waals surface area (Å²) < 4.78 is 59.9. The highest BCUT2D eigenvalue weighted by molar-refractivity contribution is 7.99. The van der Waals surface area contributed by atoms with Crippen LogP contribution in [0.15, 0.2) is 51.8 Å². The zero-order chi connectivity index (χ0) is 32.9. The summed E-state index contributed by atoms with van der Waals surface area (Å²) in [6.45, 7) is 9.08. The molecule has 44 heavy (non-hydrogen) atoms. The number of hydrogen-bond donors (Lipinski definition) is 2. The highest BCUT2D eigenvalue weighted by Crippen LogP contribution is 2.44. The van der Waals surface area contributed by atoms with Crippen molar-refractivity contribution in [2.45, 2.75) is 96.3 Å². The summed E-state index contributed by atoms with van der Waals surface area (Å²) in [6.07, 6.45) is 0.0856. The minimum Gasteiger partial charge on any atom is -0.496 e. The van der Waals surface area contributed by atoms with E-state index in [0.717, 1.165) is 48.9 Å². The summed E-state index contributed by atoms with van der Waals surface area (Å²) >= 11 is 1.03. The minimum absolute atomic E-state index is 0.301. The van der Waals surface area contributed by atoms with Gasteiger partial charge in [-0.25, -0.2) is 0 Å². The molecule has 0 radical (unpaired) electrons. The number of methoxy groups -OCH3 is 1. The molecule has 0 amide bonds. The van der Waals surface area contributed by atoms with Crippen molar-refractivity contribution in [2.24, 2.45) is 22.3 Å². The quantitative estimate of drug-likeness (QED) is 0.0980. The van der Waals surface area contributed by atoms with Crippen LogP contribution in [0.5, 0.6) is 5.75 Å². The first-order valence-corrected chi connectivity index (χ1v) is 16.0. The molecule has 2 aromatic carbocycles. The second-order valence-electron chi connectivity index (χ2n) is 13.2. The lowest BCUT2D eigenvalue weighted by molar-refractivity contribution is -0.226. The summed E-state index contributed by atoms with van der Waals surface area (Å²) in [7, 11) is 1.62. The van der Waals surface area contributed by atoms with Crippen molar-refractivity contribution in [3.8, 4) is 17.1 Å². The van der Waals surface area contributed by atoms with E-state index in [4.69, 9.17) is 25.4 Å². The van der Waals surface area contributed by atoms with Gasteiger partial charge in [0.2, 0.25) is 0 Å². The number of furan rings is 1. The fourth-order valence-corrected chi connectivity index (χ4v) is 5.83. The molecule has 1 heterocycles. The van der Waals surface area contributed by atoms with Crippen molar-refractivity contribution in [1.82, 2.24) is 0 Å². The monoisotopic (exact) mass is 636 g/mol. The number of alkyl halides is 3. The predicted molar refractivity (Wildman–Crippen MR) is 172 cm³/mol. The van der Waals surface area contributed by atoms with Crippen molar-refractivity contribution < 1.29 is 31.9 Å². The molecule has 0 fully saturated rings. The highest BCUT2D eigenvalue weighted by atomic mass is 32.2. The number of aryl methyl sites for hydroxylation is 1. The Morgan fingerprint density at radius 2 is 1.73 bits per heavy atom. The van der Waals surface area contributed by atoms with E-state index in [1.165, 1.54) is 12.0 Å². The average Bonchev–Trinajstić information content (AvgIpc) is 3.36. The lowest BCUT2D eigenvalue weighted by atomic mass is 9.79. The first-order valence-electron chi connectivity index (χ1n) is 15.0. The summed E-state index contributed by atoms with van der Waals surface area (Å²) in [6, 6.07) is 12.6. The first kappa shape index (κ1) is 35.8. The Balaban J connectivity index is 1.74. The number of unbranched alkanes of at least 4 members (excludes halogenated alkanes) is 2. The van der Waals surface area contributed by atoms with Crippen molar-refractivity contribution >= 4 is 28.7 Å².